The minimum atomic E-state index is -0.216. The molecule has 1 aromatic rings. The van der Waals surface area contributed by atoms with Gasteiger partial charge in [0.05, 0.1) is 12.4 Å². The Hall–Kier alpha value is -2.22. The summed E-state index contributed by atoms with van der Waals surface area (Å²) in [4.78, 5) is 36.9. The highest BCUT2D eigenvalue weighted by atomic mass is 16.2. The topological polar surface area (TPSA) is 81.7 Å². The van der Waals surface area contributed by atoms with E-state index in [0.717, 1.165) is 31.9 Å². The molecule has 0 radical (unpaired) electrons. The second kappa shape index (κ2) is 7.69. The van der Waals surface area contributed by atoms with Crippen molar-refractivity contribution >= 4 is 18.1 Å². The predicted molar refractivity (Wildman–Crippen MR) is 82.8 cm³/mol. The molecule has 8 heteroatoms. The van der Waals surface area contributed by atoms with Crippen LogP contribution in [0.5, 0.6) is 0 Å². The summed E-state index contributed by atoms with van der Waals surface area (Å²) in [7, 11) is 3.90. The summed E-state index contributed by atoms with van der Waals surface area (Å²) in [6.07, 6.45) is 3.97. The van der Waals surface area contributed by atoms with Crippen LogP contribution < -0.4 is 10.2 Å². The normalized spacial score (nSPS) is 15.0. The molecule has 120 valence electrons. The van der Waals surface area contributed by atoms with Gasteiger partial charge in [-0.05, 0) is 14.1 Å². The van der Waals surface area contributed by atoms with Gasteiger partial charge in [0, 0.05) is 39.3 Å². The van der Waals surface area contributed by atoms with Crippen LogP contribution in [0.2, 0.25) is 0 Å². The lowest BCUT2D eigenvalue weighted by Gasteiger charge is -2.33. The van der Waals surface area contributed by atoms with Crippen LogP contribution in [0.25, 0.3) is 0 Å². The molecule has 2 heterocycles. The van der Waals surface area contributed by atoms with E-state index in [-0.39, 0.29) is 5.91 Å². The van der Waals surface area contributed by atoms with Gasteiger partial charge in [0.25, 0.3) is 5.91 Å². The van der Waals surface area contributed by atoms with Crippen molar-refractivity contribution in [3.8, 4) is 0 Å². The second-order valence-electron chi connectivity index (χ2n) is 5.45. The molecule has 0 aliphatic carbocycles. The van der Waals surface area contributed by atoms with Gasteiger partial charge in [-0.15, -0.1) is 0 Å². The average Bonchev–Trinajstić information content (AvgIpc) is 2.54. The summed E-state index contributed by atoms with van der Waals surface area (Å²) in [5.74, 6) is 0.516. The zero-order chi connectivity index (χ0) is 15.9. The lowest BCUT2D eigenvalue weighted by molar-refractivity contribution is -0.118. The van der Waals surface area contributed by atoms with E-state index in [0.29, 0.717) is 25.3 Å². The van der Waals surface area contributed by atoms with Crippen molar-refractivity contribution in [2.75, 3.05) is 58.3 Å². The van der Waals surface area contributed by atoms with Gasteiger partial charge in [-0.3, -0.25) is 9.59 Å². The molecule has 0 bridgehead atoms. The fraction of sp³-hybridized carbons (Fsp3) is 0.571. The summed E-state index contributed by atoms with van der Waals surface area (Å²) in [5.41, 5.74) is 0.314. The number of nitrogens with zero attached hydrogens (tertiary/aromatic N) is 5. The van der Waals surface area contributed by atoms with Gasteiger partial charge < -0.3 is 20.0 Å². The van der Waals surface area contributed by atoms with Crippen molar-refractivity contribution in [3.63, 3.8) is 0 Å². The van der Waals surface area contributed by atoms with Crippen molar-refractivity contribution in [3.05, 3.63) is 18.1 Å². The molecule has 2 rings (SSSR count). The first-order valence-electron chi connectivity index (χ1n) is 7.29. The van der Waals surface area contributed by atoms with Gasteiger partial charge in [-0.25, -0.2) is 9.97 Å². The number of aromatic nitrogens is 2. The number of amides is 2. The molecular weight excluding hydrogens is 284 g/mol. The van der Waals surface area contributed by atoms with Gasteiger partial charge >= 0.3 is 0 Å². The number of rotatable bonds is 6. The molecule has 22 heavy (non-hydrogen) atoms. The van der Waals surface area contributed by atoms with E-state index in [1.54, 1.807) is 11.1 Å². The largest absolute Gasteiger partial charge is 0.352 e. The molecule has 1 aromatic heterocycles. The van der Waals surface area contributed by atoms with E-state index >= 15 is 0 Å². The highest BCUT2D eigenvalue weighted by molar-refractivity contribution is 5.92. The van der Waals surface area contributed by atoms with Crippen LogP contribution in [0.1, 0.15) is 10.5 Å². The first-order chi connectivity index (χ1) is 10.6. The molecule has 8 nitrogen and oxygen atoms in total. The highest BCUT2D eigenvalue weighted by Crippen LogP contribution is 2.11. The molecule has 0 atom stereocenters. The second-order valence-corrected chi connectivity index (χ2v) is 5.45. The van der Waals surface area contributed by atoms with Crippen LogP contribution in [-0.4, -0.2) is 85.4 Å². The molecule has 0 aromatic carbocycles. The molecule has 1 saturated heterocycles. The molecule has 0 spiro atoms. The fourth-order valence-corrected chi connectivity index (χ4v) is 2.14. The third-order valence-corrected chi connectivity index (χ3v) is 3.50. The van der Waals surface area contributed by atoms with Crippen molar-refractivity contribution in [1.82, 2.24) is 25.1 Å². The van der Waals surface area contributed by atoms with E-state index in [4.69, 9.17) is 0 Å². The minimum Gasteiger partial charge on any atom is -0.352 e. The molecule has 0 unspecified atom stereocenters. The number of carbonyl (C=O) groups excluding carboxylic acids is 2. The standard InChI is InChI=1S/C14H22N6O2/c1-18(2)4-3-15-14(22)12-9-17-13(10-16-12)20-7-5-19(11-21)6-8-20/h9-11H,3-8H2,1-2H3,(H,15,22). The Bertz CT molecular complexity index is 497. The maximum Gasteiger partial charge on any atom is 0.271 e. The van der Waals surface area contributed by atoms with Crippen molar-refractivity contribution in [2.45, 2.75) is 0 Å². The lowest BCUT2D eigenvalue weighted by atomic mass is 10.3. The Balaban J connectivity index is 1.87. The zero-order valence-electron chi connectivity index (χ0n) is 13.0. The van der Waals surface area contributed by atoms with Crippen LogP contribution in [-0.2, 0) is 4.79 Å². The lowest BCUT2D eigenvalue weighted by Crippen LogP contribution is -2.46. The monoisotopic (exact) mass is 306 g/mol. The first-order valence-corrected chi connectivity index (χ1v) is 7.29. The number of piperazine rings is 1. The summed E-state index contributed by atoms with van der Waals surface area (Å²) < 4.78 is 0. The SMILES string of the molecule is CN(C)CCNC(=O)c1cnc(N2CCN(C=O)CC2)cn1. The van der Waals surface area contributed by atoms with Crippen LogP contribution in [0, 0.1) is 0 Å². The van der Waals surface area contributed by atoms with Crippen molar-refractivity contribution < 1.29 is 9.59 Å². The van der Waals surface area contributed by atoms with Crippen molar-refractivity contribution in [1.29, 1.82) is 0 Å². The Kier molecular flexibility index (Phi) is 5.65. The summed E-state index contributed by atoms with van der Waals surface area (Å²) in [6.45, 7) is 4.15. The third-order valence-electron chi connectivity index (χ3n) is 3.50. The Morgan fingerprint density at radius 1 is 1.27 bits per heavy atom. The van der Waals surface area contributed by atoms with Gasteiger partial charge in [0.15, 0.2) is 0 Å². The Morgan fingerprint density at radius 2 is 2.00 bits per heavy atom. The van der Waals surface area contributed by atoms with Gasteiger partial charge in [0.2, 0.25) is 6.41 Å². The average molecular weight is 306 g/mol. The molecule has 0 saturated carbocycles. The molecule has 1 N–H and O–H groups in total. The maximum atomic E-state index is 11.9. The van der Waals surface area contributed by atoms with E-state index in [9.17, 15) is 9.59 Å². The quantitative estimate of drug-likeness (QED) is 0.682. The van der Waals surface area contributed by atoms with E-state index in [2.05, 4.69) is 20.2 Å². The summed E-state index contributed by atoms with van der Waals surface area (Å²) in [5, 5.41) is 2.80. The predicted octanol–water partition coefficient (Wildman–Crippen LogP) is -0.954. The molecule has 2 amide bonds. The van der Waals surface area contributed by atoms with E-state index in [1.807, 2.05) is 19.0 Å². The van der Waals surface area contributed by atoms with Crippen LogP contribution in [0.15, 0.2) is 12.4 Å². The van der Waals surface area contributed by atoms with Crippen LogP contribution in [0.4, 0.5) is 5.82 Å². The number of likely N-dealkylation sites (N-methyl/N-ethyl adjacent to an activating group) is 1. The number of carbonyl (C=O) groups is 2. The number of hydrogen-bond acceptors (Lipinski definition) is 6. The molecule has 1 aliphatic rings. The fourth-order valence-electron chi connectivity index (χ4n) is 2.14. The summed E-state index contributed by atoms with van der Waals surface area (Å²) in [6, 6.07) is 0. The first kappa shape index (κ1) is 16.2. The number of anilines is 1. The Labute approximate surface area is 130 Å². The maximum absolute atomic E-state index is 11.9. The zero-order valence-corrected chi connectivity index (χ0v) is 13.0. The minimum absolute atomic E-state index is 0.216. The molecule has 1 aliphatic heterocycles. The highest BCUT2D eigenvalue weighted by Gasteiger charge is 2.17. The third kappa shape index (κ3) is 4.39. The van der Waals surface area contributed by atoms with E-state index < -0.39 is 0 Å². The van der Waals surface area contributed by atoms with Crippen LogP contribution >= 0.6 is 0 Å². The summed E-state index contributed by atoms with van der Waals surface area (Å²) >= 11 is 0. The number of nitrogens with one attached hydrogen (secondary N) is 1. The Morgan fingerprint density at radius 3 is 2.55 bits per heavy atom. The van der Waals surface area contributed by atoms with Gasteiger partial charge in [-0.2, -0.15) is 0 Å². The van der Waals surface area contributed by atoms with Crippen molar-refractivity contribution in [2.24, 2.45) is 0 Å². The molecular formula is C14H22N6O2. The van der Waals surface area contributed by atoms with Gasteiger partial charge in [0.1, 0.15) is 11.5 Å². The molecule has 1 fully saturated rings. The van der Waals surface area contributed by atoms with Gasteiger partial charge in [-0.1, -0.05) is 0 Å². The van der Waals surface area contributed by atoms with E-state index in [1.165, 1.54) is 6.20 Å². The van der Waals surface area contributed by atoms with Crippen LogP contribution in [0.3, 0.4) is 0 Å². The smallest absolute Gasteiger partial charge is 0.271 e. The number of hydrogen-bond donors (Lipinski definition) is 1.